The van der Waals surface area contributed by atoms with E-state index in [0.29, 0.717) is 31.2 Å². The molecule has 4 nitrogen and oxygen atoms in total. The van der Waals surface area contributed by atoms with E-state index in [1.54, 1.807) is 6.07 Å². The first-order chi connectivity index (χ1) is 11.3. The number of aliphatic hydroxyl groups is 1. The first-order valence-electron chi connectivity index (χ1n) is 8.14. The molecule has 1 unspecified atom stereocenters. The van der Waals surface area contributed by atoms with E-state index in [2.05, 4.69) is 10.6 Å². The molecule has 1 fully saturated rings. The lowest BCUT2D eigenvalue weighted by molar-refractivity contribution is -0.137. The molecular formula is C17H23F3N2O2. The molecular weight excluding hydrogens is 321 g/mol. The van der Waals surface area contributed by atoms with Crippen molar-refractivity contribution >= 4 is 6.03 Å². The van der Waals surface area contributed by atoms with Crippen molar-refractivity contribution in [3.8, 4) is 0 Å². The second-order valence-corrected chi connectivity index (χ2v) is 6.38. The van der Waals surface area contributed by atoms with Gasteiger partial charge in [0.1, 0.15) is 0 Å². The maximum atomic E-state index is 12.9. The van der Waals surface area contributed by atoms with Crippen molar-refractivity contribution in [1.29, 1.82) is 0 Å². The highest BCUT2D eigenvalue weighted by molar-refractivity contribution is 5.75. The number of urea groups is 1. The summed E-state index contributed by atoms with van der Waals surface area (Å²) in [7, 11) is 0. The first kappa shape index (κ1) is 18.6. The lowest BCUT2D eigenvalue weighted by Crippen LogP contribution is -2.55. The van der Waals surface area contributed by atoms with Crippen LogP contribution in [0.4, 0.5) is 18.0 Å². The van der Waals surface area contributed by atoms with Crippen molar-refractivity contribution in [3.63, 3.8) is 0 Å². The zero-order valence-electron chi connectivity index (χ0n) is 13.6. The third-order valence-corrected chi connectivity index (χ3v) is 4.48. The number of benzene rings is 1. The number of carbonyl (C=O) groups excluding carboxylic acids is 1. The first-order valence-corrected chi connectivity index (χ1v) is 8.14. The summed E-state index contributed by atoms with van der Waals surface area (Å²) < 4.78 is 38.7. The van der Waals surface area contributed by atoms with Crippen molar-refractivity contribution in [2.75, 3.05) is 6.61 Å². The smallest absolute Gasteiger partial charge is 0.396 e. The lowest BCUT2D eigenvalue weighted by Gasteiger charge is -2.43. The Bertz CT molecular complexity index is 571. The summed E-state index contributed by atoms with van der Waals surface area (Å²) in [5.41, 5.74) is -0.950. The number of alkyl halides is 3. The quantitative estimate of drug-likeness (QED) is 0.739. The van der Waals surface area contributed by atoms with Crippen LogP contribution < -0.4 is 10.6 Å². The van der Waals surface area contributed by atoms with Gasteiger partial charge in [0.15, 0.2) is 0 Å². The Morgan fingerprint density at radius 1 is 1.38 bits per heavy atom. The minimum Gasteiger partial charge on any atom is -0.396 e. The van der Waals surface area contributed by atoms with Crippen molar-refractivity contribution in [3.05, 3.63) is 35.4 Å². The standard InChI is InChI=1S/C17H23F3N2O2/c1-12(5-3-10-23)21-15(24)22-16(8-4-9-16)13-6-2-7-14(11-13)17(18,19)20/h2,6-7,11-12,23H,3-5,8-10H2,1H3,(H2,21,22,24). The molecule has 1 aromatic carbocycles. The second-order valence-electron chi connectivity index (χ2n) is 6.38. The number of hydrogen-bond donors (Lipinski definition) is 3. The van der Waals surface area contributed by atoms with Crippen molar-refractivity contribution in [1.82, 2.24) is 10.6 Å². The summed E-state index contributed by atoms with van der Waals surface area (Å²) in [4.78, 5) is 12.2. The van der Waals surface area contributed by atoms with E-state index >= 15 is 0 Å². The van der Waals surface area contributed by atoms with E-state index in [0.717, 1.165) is 18.6 Å². The fraction of sp³-hybridized carbons (Fsp3) is 0.588. The molecule has 3 N–H and O–H groups in total. The molecule has 0 radical (unpaired) electrons. The maximum absolute atomic E-state index is 12.9. The van der Waals surface area contributed by atoms with Crippen LogP contribution in [0.1, 0.15) is 50.2 Å². The molecule has 134 valence electrons. The number of aliphatic hydroxyl groups excluding tert-OH is 1. The van der Waals surface area contributed by atoms with Gasteiger partial charge in [-0.15, -0.1) is 0 Å². The Labute approximate surface area is 139 Å². The van der Waals surface area contributed by atoms with Gasteiger partial charge in [0.05, 0.1) is 11.1 Å². The van der Waals surface area contributed by atoms with Gasteiger partial charge in [0, 0.05) is 12.6 Å². The van der Waals surface area contributed by atoms with Crippen LogP contribution in [0.5, 0.6) is 0 Å². The summed E-state index contributed by atoms with van der Waals surface area (Å²) in [6.07, 6.45) is -1.08. The third-order valence-electron chi connectivity index (χ3n) is 4.48. The van der Waals surface area contributed by atoms with Gasteiger partial charge in [-0.3, -0.25) is 0 Å². The molecule has 1 aromatic rings. The van der Waals surface area contributed by atoms with Gasteiger partial charge in [-0.05, 0) is 56.7 Å². The predicted molar refractivity (Wildman–Crippen MR) is 84.4 cm³/mol. The zero-order valence-corrected chi connectivity index (χ0v) is 13.6. The van der Waals surface area contributed by atoms with Crippen LogP contribution in [0.2, 0.25) is 0 Å². The largest absolute Gasteiger partial charge is 0.416 e. The van der Waals surface area contributed by atoms with Crippen LogP contribution in [0.25, 0.3) is 0 Å². The Kier molecular flexibility index (Phi) is 5.74. The molecule has 1 aliphatic carbocycles. The number of halogens is 3. The fourth-order valence-electron chi connectivity index (χ4n) is 2.96. The van der Waals surface area contributed by atoms with Crippen LogP contribution >= 0.6 is 0 Å². The number of carbonyl (C=O) groups is 1. The molecule has 0 aliphatic heterocycles. The van der Waals surface area contributed by atoms with E-state index in [1.807, 2.05) is 6.92 Å². The topological polar surface area (TPSA) is 61.4 Å². The monoisotopic (exact) mass is 344 g/mol. The molecule has 0 aromatic heterocycles. The highest BCUT2D eigenvalue weighted by Crippen LogP contribution is 2.42. The zero-order chi connectivity index (χ0) is 17.8. The Hall–Kier alpha value is -1.76. The SMILES string of the molecule is CC(CCCO)NC(=O)NC1(c2cccc(C(F)(F)F)c2)CCC1. The Morgan fingerprint density at radius 3 is 2.62 bits per heavy atom. The second kappa shape index (κ2) is 7.42. The summed E-state index contributed by atoms with van der Waals surface area (Å²) in [6, 6.07) is 4.65. The molecule has 1 saturated carbocycles. The van der Waals surface area contributed by atoms with Gasteiger partial charge in [-0.1, -0.05) is 12.1 Å². The van der Waals surface area contributed by atoms with E-state index < -0.39 is 23.3 Å². The molecule has 7 heteroatoms. The van der Waals surface area contributed by atoms with Crippen molar-refractivity contribution in [2.45, 2.75) is 56.8 Å². The van der Waals surface area contributed by atoms with Gasteiger partial charge < -0.3 is 15.7 Å². The van der Waals surface area contributed by atoms with Gasteiger partial charge in [-0.25, -0.2) is 4.79 Å². The maximum Gasteiger partial charge on any atom is 0.416 e. The van der Waals surface area contributed by atoms with Crippen molar-refractivity contribution in [2.24, 2.45) is 0 Å². The molecule has 24 heavy (non-hydrogen) atoms. The summed E-state index contributed by atoms with van der Waals surface area (Å²) >= 11 is 0. The van der Waals surface area contributed by atoms with Gasteiger partial charge >= 0.3 is 12.2 Å². The summed E-state index contributed by atoms with van der Waals surface area (Å²) in [6.45, 7) is 1.88. The number of hydrogen-bond acceptors (Lipinski definition) is 2. The fourth-order valence-corrected chi connectivity index (χ4v) is 2.96. The van der Waals surface area contributed by atoms with E-state index in [4.69, 9.17) is 5.11 Å². The molecule has 0 heterocycles. The molecule has 1 aliphatic rings. The van der Waals surface area contributed by atoms with Crippen LogP contribution in [-0.2, 0) is 11.7 Å². The predicted octanol–water partition coefficient (Wildman–Crippen LogP) is 3.54. The lowest BCUT2D eigenvalue weighted by atomic mass is 9.71. The number of nitrogens with one attached hydrogen (secondary N) is 2. The molecule has 2 amide bonds. The molecule has 0 bridgehead atoms. The van der Waals surface area contributed by atoms with Gasteiger partial charge in [0.25, 0.3) is 0 Å². The molecule has 2 rings (SSSR count). The summed E-state index contributed by atoms with van der Waals surface area (Å²) in [5.74, 6) is 0. The van der Waals surface area contributed by atoms with E-state index in [9.17, 15) is 18.0 Å². The normalized spacial score (nSPS) is 17.7. The molecule has 1 atom stereocenters. The minimum atomic E-state index is -4.40. The Morgan fingerprint density at radius 2 is 2.08 bits per heavy atom. The summed E-state index contributed by atoms with van der Waals surface area (Å²) in [5, 5.41) is 14.4. The average molecular weight is 344 g/mol. The van der Waals surface area contributed by atoms with Crippen LogP contribution in [0.15, 0.2) is 24.3 Å². The van der Waals surface area contributed by atoms with Crippen LogP contribution in [0.3, 0.4) is 0 Å². The number of rotatable bonds is 6. The highest BCUT2D eigenvalue weighted by Gasteiger charge is 2.41. The number of amides is 2. The Balaban J connectivity index is 2.08. The van der Waals surface area contributed by atoms with E-state index in [1.165, 1.54) is 6.07 Å². The molecule has 0 spiro atoms. The third kappa shape index (κ3) is 4.41. The minimum absolute atomic E-state index is 0.0574. The van der Waals surface area contributed by atoms with Gasteiger partial charge in [0.2, 0.25) is 0 Å². The molecule has 0 saturated heterocycles. The van der Waals surface area contributed by atoms with Gasteiger partial charge in [-0.2, -0.15) is 13.2 Å². The average Bonchev–Trinajstić information content (AvgIpc) is 2.48. The van der Waals surface area contributed by atoms with Crippen LogP contribution in [0, 0.1) is 0 Å². The van der Waals surface area contributed by atoms with Crippen molar-refractivity contribution < 1.29 is 23.1 Å². The van der Waals surface area contributed by atoms with E-state index in [-0.39, 0.29) is 12.6 Å². The van der Waals surface area contributed by atoms with Crippen LogP contribution in [-0.4, -0.2) is 23.8 Å². The highest BCUT2D eigenvalue weighted by atomic mass is 19.4.